The molecule has 1 rings (SSSR count). The van der Waals surface area contributed by atoms with Gasteiger partial charge in [-0.3, -0.25) is 14.8 Å². The molecule has 5 heteroatoms. The molecule has 0 bridgehead atoms. The molecule has 0 spiro atoms. The van der Waals surface area contributed by atoms with Gasteiger partial charge in [0.1, 0.15) is 0 Å². The van der Waals surface area contributed by atoms with Gasteiger partial charge in [-0.2, -0.15) is 0 Å². The third-order valence-electron chi connectivity index (χ3n) is 3.16. The summed E-state index contributed by atoms with van der Waals surface area (Å²) in [7, 11) is 0. The van der Waals surface area contributed by atoms with Gasteiger partial charge in [0, 0.05) is 24.5 Å². The van der Waals surface area contributed by atoms with Crippen LogP contribution in [0.3, 0.4) is 0 Å². The largest absolute Gasteiger partial charge is 0.350 e. The lowest BCUT2D eigenvalue weighted by Crippen LogP contribution is -2.50. The quantitative estimate of drug-likeness (QED) is 0.818. The Bertz CT molecular complexity index is 414. The predicted molar refractivity (Wildman–Crippen MR) is 75.6 cm³/mol. The van der Waals surface area contributed by atoms with Crippen LogP contribution in [0.5, 0.6) is 0 Å². The second kappa shape index (κ2) is 6.61. The zero-order chi connectivity index (χ0) is 14.5. The fraction of sp³-hybridized carbons (Fsp3) is 0.643. The standard InChI is InChI=1S/C14H24N4O/c1-6-14(4,5)18-13(19)11(3)16-9-12-8-15-10(2)7-17-12/h7-8,11,16H,6,9H2,1-5H3,(H,18,19). The van der Waals surface area contributed by atoms with Crippen molar-refractivity contribution in [2.24, 2.45) is 0 Å². The highest BCUT2D eigenvalue weighted by atomic mass is 16.2. The molecule has 1 aromatic heterocycles. The minimum absolute atomic E-state index is 0.00641. The van der Waals surface area contributed by atoms with Crippen molar-refractivity contribution >= 4 is 5.91 Å². The lowest BCUT2D eigenvalue weighted by Gasteiger charge is -2.26. The van der Waals surface area contributed by atoms with Gasteiger partial charge >= 0.3 is 0 Å². The number of carbonyl (C=O) groups is 1. The predicted octanol–water partition coefficient (Wildman–Crippen LogP) is 1.57. The topological polar surface area (TPSA) is 66.9 Å². The molecule has 0 fully saturated rings. The van der Waals surface area contributed by atoms with Crippen molar-refractivity contribution in [1.82, 2.24) is 20.6 Å². The van der Waals surface area contributed by atoms with Crippen LogP contribution < -0.4 is 10.6 Å². The third-order valence-corrected chi connectivity index (χ3v) is 3.16. The van der Waals surface area contributed by atoms with E-state index < -0.39 is 0 Å². The number of nitrogens with zero attached hydrogens (tertiary/aromatic N) is 2. The summed E-state index contributed by atoms with van der Waals surface area (Å²) in [5.74, 6) is 0.00641. The van der Waals surface area contributed by atoms with Crippen molar-refractivity contribution in [3.05, 3.63) is 23.8 Å². The molecule has 1 atom stereocenters. The van der Waals surface area contributed by atoms with Crippen molar-refractivity contribution in [3.63, 3.8) is 0 Å². The first-order valence-electron chi connectivity index (χ1n) is 6.67. The molecule has 0 aliphatic rings. The molecule has 1 amide bonds. The minimum atomic E-state index is -0.256. The zero-order valence-electron chi connectivity index (χ0n) is 12.4. The first kappa shape index (κ1) is 15.6. The fourth-order valence-corrected chi connectivity index (χ4v) is 1.39. The molecule has 0 aliphatic heterocycles. The molecule has 1 aromatic rings. The van der Waals surface area contributed by atoms with Gasteiger partial charge in [0.25, 0.3) is 0 Å². The van der Waals surface area contributed by atoms with E-state index in [0.29, 0.717) is 6.54 Å². The van der Waals surface area contributed by atoms with E-state index in [2.05, 4.69) is 27.5 Å². The highest BCUT2D eigenvalue weighted by molar-refractivity contribution is 5.81. The van der Waals surface area contributed by atoms with Crippen LogP contribution in [0, 0.1) is 6.92 Å². The van der Waals surface area contributed by atoms with E-state index in [4.69, 9.17) is 0 Å². The first-order chi connectivity index (χ1) is 8.84. The van der Waals surface area contributed by atoms with Crippen LogP contribution in [0.4, 0.5) is 0 Å². The second-order valence-corrected chi connectivity index (χ2v) is 5.48. The Hall–Kier alpha value is -1.49. The van der Waals surface area contributed by atoms with Gasteiger partial charge in [0.2, 0.25) is 5.91 Å². The minimum Gasteiger partial charge on any atom is -0.350 e. The molecule has 0 saturated carbocycles. The number of hydrogen-bond acceptors (Lipinski definition) is 4. The number of aromatic nitrogens is 2. The van der Waals surface area contributed by atoms with E-state index in [1.807, 2.05) is 27.7 Å². The molecule has 106 valence electrons. The maximum absolute atomic E-state index is 12.0. The smallest absolute Gasteiger partial charge is 0.237 e. The summed E-state index contributed by atoms with van der Waals surface area (Å²) in [5.41, 5.74) is 1.55. The van der Waals surface area contributed by atoms with Crippen LogP contribution >= 0.6 is 0 Å². The average Bonchev–Trinajstić information content (AvgIpc) is 2.37. The summed E-state index contributed by atoms with van der Waals surface area (Å²) in [5, 5.41) is 6.16. The van der Waals surface area contributed by atoms with Crippen LogP contribution in [-0.2, 0) is 11.3 Å². The van der Waals surface area contributed by atoms with Crippen LogP contribution in [0.2, 0.25) is 0 Å². The van der Waals surface area contributed by atoms with Crippen LogP contribution in [-0.4, -0.2) is 27.5 Å². The number of nitrogens with one attached hydrogen (secondary N) is 2. The molecular weight excluding hydrogens is 240 g/mol. The summed E-state index contributed by atoms with van der Waals surface area (Å²) in [4.78, 5) is 20.4. The van der Waals surface area contributed by atoms with E-state index in [1.165, 1.54) is 0 Å². The first-order valence-corrected chi connectivity index (χ1v) is 6.67. The van der Waals surface area contributed by atoms with Gasteiger partial charge in [-0.05, 0) is 34.1 Å². The molecule has 2 N–H and O–H groups in total. The lowest BCUT2D eigenvalue weighted by atomic mass is 10.0. The maximum Gasteiger partial charge on any atom is 0.237 e. The molecule has 5 nitrogen and oxygen atoms in total. The molecule has 0 aliphatic carbocycles. The number of carbonyl (C=O) groups excluding carboxylic acids is 1. The summed E-state index contributed by atoms with van der Waals surface area (Å²) < 4.78 is 0. The normalized spacial score (nSPS) is 13.1. The molecule has 19 heavy (non-hydrogen) atoms. The van der Waals surface area contributed by atoms with Crippen molar-refractivity contribution < 1.29 is 4.79 Å². The van der Waals surface area contributed by atoms with E-state index in [1.54, 1.807) is 12.4 Å². The van der Waals surface area contributed by atoms with Crippen LogP contribution in [0.1, 0.15) is 45.5 Å². The Morgan fingerprint density at radius 1 is 1.37 bits per heavy atom. The van der Waals surface area contributed by atoms with E-state index in [9.17, 15) is 4.79 Å². The number of rotatable bonds is 6. The van der Waals surface area contributed by atoms with E-state index in [-0.39, 0.29) is 17.5 Å². The number of hydrogen-bond donors (Lipinski definition) is 2. The molecule has 0 radical (unpaired) electrons. The third kappa shape index (κ3) is 5.34. The van der Waals surface area contributed by atoms with Crippen LogP contribution in [0.25, 0.3) is 0 Å². The maximum atomic E-state index is 12.0. The van der Waals surface area contributed by atoms with Gasteiger partial charge in [-0.15, -0.1) is 0 Å². The van der Waals surface area contributed by atoms with Crippen molar-refractivity contribution in [3.8, 4) is 0 Å². The molecule has 1 unspecified atom stereocenters. The second-order valence-electron chi connectivity index (χ2n) is 5.48. The molecule has 0 aromatic carbocycles. The average molecular weight is 264 g/mol. The van der Waals surface area contributed by atoms with Crippen molar-refractivity contribution in [2.45, 2.75) is 59.2 Å². The van der Waals surface area contributed by atoms with E-state index in [0.717, 1.165) is 17.8 Å². The Morgan fingerprint density at radius 3 is 2.58 bits per heavy atom. The molecule has 1 heterocycles. The van der Waals surface area contributed by atoms with Crippen molar-refractivity contribution in [1.29, 1.82) is 0 Å². The Balaban J connectivity index is 2.44. The number of amides is 1. The van der Waals surface area contributed by atoms with Gasteiger partial charge in [0.15, 0.2) is 0 Å². The van der Waals surface area contributed by atoms with Gasteiger partial charge < -0.3 is 10.6 Å². The Labute approximate surface area is 115 Å². The Morgan fingerprint density at radius 2 is 2.05 bits per heavy atom. The van der Waals surface area contributed by atoms with Crippen LogP contribution in [0.15, 0.2) is 12.4 Å². The highest BCUT2D eigenvalue weighted by Crippen LogP contribution is 2.07. The summed E-state index contributed by atoms with van der Waals surface area (Å²) >= 11 is 0. The van der Waals surface area contributed by atoms with Crippen molar-refractivity contribution in [2.75, 3.05) is 0 Å². The van der Waals surface area contributed by atoms with Gasteiger partial charge in [0.05, 0.1) is 17.4 Å². The zero-order valence-corrected chi connectivity index (χ0v) is 12.4. The Kier molecular flexibility index (Phi) is 5.42. The summed E-state index contributed by atoms with van der Waals surface area (Å²) in [6.07, 6.45) is 4.35. The SMILES string of the molecule is CCC(C)(C)NC(=O)C(C)NCc1cnc(C)cn1. The highest BCUT2D eigenvalue weighted by Gasteiger charge is 2.21. The van der Waals surface area contributed by atoms with Gasteiger partial charge in [-0.1, -0.05) is 6.92 Å². The lowest BCUT2D eigenvalue weighted by molar-refractivity contribution is -0.124. The molecular formula is C14H24N4O. The fourth-order valence-electron chi connectivity index (χ4n) is 1.39. The molecule has 0 saturated heterocycles. The summed E-state index contributed by atoms with van der Waals surface area (Å²) in [6, 6.07) is -0.256. The van der Waals surface area contributed by atoms with Gasteiger partial charge in [-0.25, -0.2) is 0 Å². The monoisotopic (exact) mass is 264 g/mol. The van der Waals surface area contributed by atoms with E-state index >= 15 is 0 Å². The number of aryl methyl sites for hydroxylation is 1. The summed E-state index contributed by atoms with van der Waals surface area (Å²) in [6.45, 7) is 10.4.